The van der Waals surface area contributed by atoms with Gasteiger partial charge in [-0.1, -0.05) is 24.3 Å². The molecule has 1 amide bonds. The number of hydrogen-bond donors (Lipinski definition) is 1. The lowest BCUT2D eigenvalue weighted by molar-refractivity contribution is -0.129. The van der Waals surface area contributed by atoms with Crippen molar-refractivity contribution in [2.75, 3.05) is 13.7 Å². The highest BCUT2D eigenvalue weighted by Gasteiger charge is 2.49. The zero-order valence-corrected chi connectivity index (χ0v) is 15.2. The normalized spacial score (nSPS) is 19.1. The Morgan fingerprint density at radius 1 is 1.07 bits per heavy atom. The number of aliphatic imine (C=N–C) groups is 1. The number of hydrogen-bond acceptors (Lipinski definition) is 5. The summed E-state index contributed by atoms with van der Waals surface area (Å²) in [7, 11) is 1.44. The van der Waals surface area contributed by atoms with Crippen molar-refractivity contribution in [3.63, 3.8) is 0 Å². The summed E-state index contributed by atoms with van der Waals surface area (Å²) >= 11 is 0. The standard InChI is InChI=1S/C19H17F4N3O3/c1-26-16(27)19(25-18(26)24,11-5-7-13(8-6-11)29-17(22)23)12-3-2-4-14(9-12)28-10-15(20)21/h2-9,15,17H,10H2,1H3,(H2,24,25)/t19-/m0/s1. The van der Waals surface area contributed by atoms with Crippen molar-refractivity contribution in [1.82, 2.24) is 4.90 Å². The minimum absolute atomic E-state index is 0.0539. The van der Waals surface area contributed by atoms with E-state index < -0.39 is 31.1 Å². The first-order valence-electron chi connectivity index (χ1n) is 8.44. The van der Waals surface area contributed by atoms with Crippen LogP contribution in [0.5, 0.6) is 11.5 Å². The van der Waals surface area contributed by atoms with E-state index in [1.54, 1.807) is 6.07 Å². The second-order valence-corrected chi connectivity index (χ2v) is 6.18. The number of amides is 1. The number of ether oxygens (including phenoxy) is 2. The van der Waals surface area contributed by atoms with Gasteiger partial charge in [0.1, 0.15) is 18.1 Å². The fourth-order valence-corrected chi connectivity index (χ4v) is 3.03. The average molecular weight is 411 g/mol. The van der Waals surface area contributed by atoms with Crippen LogP contribution in [0.15, 0.2) is 53.5 Å². The number of nitrogens with two attached hydrogens (primary N) is 1. The molecular formula is C19H17F4N3O3. The van der Waals surface area contributed by atoms with Gasteiger partial charge in [0.05, 0.1) is 0 Å². The van der Waals surface area contributed by atoms with Gasteiger partial charge in [0.15, 0.2) is 11.5 Å². The van der Waals surface area contributed by atoms with Gasteiger partial charge in [-0.25, -0.2) is 13.8 Å². The summed E-state index contributed by atoms with van der Waals surface area (Å²) < 4.78 is 59.1. The van der Waals surface area contributed by atoms with Crippen LogP contribution in [0.25, 0.3) is 0 Å². The van der Waals surface area contributed by atoms with Gasteiger partial charge in [-0.05, 0) is 35.4 Å². The van der Waals surface area contributed by atoms with E-state index in [1.807, 2.05) is 0 Å². The van der Waals surface area contributed by atoms with E-state index in [-0.39, 0.29) is 17.5 Å². The second kappa shape index (κ2) is 7.98. The zero-order valence-electron chi connectivity index (χ0n) is 15.2. The highest BCUT2D eigenvalue weighted by molar-refractivity contribution is 6.08. The maximum absolute atomic E-state index is 13.1. The number of carbonyl (C=O) groups excluding carboxylic acids is 1. The Labute approximate surface area is 163 Å². The molecule has 2 N–H and O–H groups in total. The molecule has 3 rings (SSSR count). The van der Waals surface area contributed by atoms with Gasteiger partial charge in [-0.3, -0.25) is 9.69 Å². The molecule has 2 aromatic carbocycles. The lowest BCUT2D eigenvalue weighted by atomic mass is 9.82. The molecule has 1 aliphatic heterocycles. The molecule has 154 valence electrons. The molecule has 1 aliphatic rings. The summed E-state index contributed by atoms with van der Waals surface area (Å²) in [6.07, 6.45) is -2.66. The van der Waals surface area contributed by atoms with Gasteiger partial charge >= 0.3 is 6.61 Å². The molecule has 0 bridgehead atoms. The predicted octanol–water partition coefficient (Wildman–Crippen LogP) is 2.96. The summed E-state index contributed by atoms with van der Waals surface area (Å²) in [4.78, 5) is 18.6. The molecule has 1 heterocycles. The number of benzene rings is 2. The number of guanidine groups is 1. The molecule has 0 aliphatic carbocycles. The predicted molar refractivity (Wildman–Crippen MR) is 96.2 cm³/mol. The van der Waals surface area contributed by atoms with Crippen LogP contribution >= 0.6 is 0 Å². The molecule has 6 nitrogen and oxygen atoms in total. The number of alkyl halides is 4. The number of likely N-dealkylation sites (N-methyl/N-ethyl adjacent to an activating group) is 1. The molecule has 0 saturated carbocycles. The second-order valence-electron chi connectivity index (χ2n) is 6.18. The minimum Gasteiger partial charge on any atom is -0.488 e. The lowest BCUT2D eigenvalue weighted by Crippen LogP contribution is -2.41. The van der Waals surface area contributed by atoms with Gasteiger partial charge in [0, 0.05) is 7.05 Å². The quantitative estimate of drug-likeness (QED) is 0.711. The Balaban J connectivity index is 2.07. The number of rotatable bonds is 7. The number of carbonyl (C=O) groups is 1. The molecular weight excluding hydrogens is 394 g/mol. The van der Waals surface area contributed by atoms with Crippen LogP contribution in [-0.4, -0.2) is 43.5 Å². The Bertz CT molecular complexity index is 921. The SMILES string of the molecule is CN1C(=O)[C@](c2ccc(OC(F)F)cc2)(c2cccc(OCC(F)F)c2)N=C1N. The topological polar surface area (TPSA) is 77.2 Å². The lowest BCUT2D eigenvalue weighted by Gasteiger charge is -2.26. The number of nitrogens with zero attached hydrogens (tertiary/aromatic N) is 2. The van der Waals surface area contributed by atoms with Crippen LogP contribution in [-0.2, 0) is 10.3 Å². The van der Waals surface area contributed by atoms with E-state index in [4.69, 9.17) is 10.5 Å². The van der Waals surface area contributed by atoms with Gasteiger partial charge in [0.2, 0.25) is 0 Å². The highest BCUT2D eigenvalue weighted by atomic mass is 19.3. The smallest absolute Gasteiger partial charge is 0.387 e. The fourth-order valence-electron chi connectivity index (χ4n) is 3.03. The molecule has 0 aromatic heterocycles. The third kappa shape index (κ3) is 3.96. The monoisotopic (exact) mass is 411 g/mol. The Kier molecular flexibility index (Phi) is 5.62. The van der Waals surface area contributed by atoms with Crippen LogP contribution in [0.3, 0.4) is 0 Å². The van der Waals surface area contributed by atoms with E-state index in [2.05, 4.69) is 9.73 Å². The Morgan fingerprint density at radius 2 is 1.76 bits per heavy atom. The van der Waals surface area contributed by atoms with E-state index in [1.165, 1.54) is 49.5 Å². The zero-order chi connectivity index (χ0) is 21.2. The largest absolute Gasteiger partial charge is 0.488 e. The van der Waals surface area contributed by atoms with Crippen LogP contribution in [0.1, 0.15) is 11.1 Å². The molecule has 0 unspecified atom stereocenters. The Hall–Kier alpha value is -3.30. The molecule has 29 heavy (non-hydrogen) atoms. The van der Waals surface area contributed by atoms with Gasteiger partial charge in [0.25, 0.3) is 12.3 Å². The van der Waals surface area contributed by atoms with Crippen molar-refractivity contribution in [3.8, 4) is 11.5 Å². The molecule has 0 fully saturated rings. The first-order chi connectivity index (χ1) is 13.7. The average Bonchev–Trinajstić information content (AvgIpc) is 2.92. The van der Waals surface area contributed by atoms with Gasteiger partial charge in [-0.2, -0.15) is 8.78 Å². The summed E-state index contributed by atoms with van der Waals surface area (Å²) in [6.45, 7) is -3.80. The maximum atomic E-state index is 13.1. The minimum atomic E-state index is -2.99. The van der Waals surface area contributed by atoms with Crippen molar-refractivity contribution in [2.45, 2.75) is 18.6 Å². The fraction of sp³-hybridized carbons (Fsp3) is 0.263. The summed E-state index contributed by atoms with van der Waals surface area (Å²) in [5, 5.41) is 0. The van der Waals surface area contributed by atoms with Crippen molar-refractivity contribution in [2.24, 2.45) is 10.7 Å². The van der Waals surface area contributed by atoms with E-state index in [0.29, 0.717) is 11.1 Å². The van der Waals surface area contributed by atoms with E-state index in [9.17, 15) is 22.4 Å². The molecule has 1 atom stereocenters. The van der Waals surface area contributed by atoms with Gasteiger partial charge < -0.3 is 15.2 Å². The van der Waals surface area contributed by atoms with Crippen molar-refractivity contribution in [3.05, 3.63) is 59.7 Å². The highest BCUT2D eigenvalue weighted by Crippen LogP contribution is 2.40. The van der Waals surface area contributed by atoms with Crippen LogP contribution in [0.4, 0.5) is 17.6 Å². The summed E-state index contributed by atoms with van der Waals surface area (Å²) in [6, 6.07) is 11.4. The third-order valence-electron chi connectivity index (χ3n) is 4.37. The van der Waals surface area contributed by atoms with Gasteiger partial charge in [-0.15, -0.1) is 0 Å². The third-order valence-corrected chi connectivity index (χ3v) is 4.37. The van der Waals surface area contributed by atoms with Crippen molar-refractivity contribution < 1.29 is 31.8 Å². The maximum Gasteiger partial charge on any atom is 0.387 e. The van der Waals surface area contributed by atoms with Crippen LogP contribution < -0.4 is 15.2 Å². The molecule has 0 radical (unpaired) electrons. The first kappa shape index (κ1) is 20.4. The van der Waals surface area contributed by atoms with Crippen LogP contribution in [0, 0.1) is 0 Å². The van der Waals surface area contributed by atoms with Crippen molar-refractivity contribution >= 4 is 11.9 Å². The van der Waals surface area contributed by atoms with Crippen molar-refractivity contribution in [1.29, 1.82) is 0 Å². The van der Waals surface area contributed by atoms with E-state index in [0.717, 1.165) is 4.90 Å². The first-order valence-corrected chi connectivity index (χ1v) is 8.44. The molecule has 0 spiro atoms. The van der Waals surface area contributed by atoms with E-state index >= 15 is 0 Å². The molecule has 0 saturated heterocycles. The van der Waals surface area contributed by atoms with Crippen LogP contribution in [0.2, 0.25) is 0 Å². The summed E-state index contributed by atoms with van der Waals surface area (Å²) in [5.74, 6) is -0.523. The molecule has 10 heteroatoms. The Morgan fingerprint density at radius 3 is 2.31 bits per heavy atom. The molecule has 2 aromatic rings. The summed E-state index contributed by atoms with van der Waals surface area (Å²) in [5.41, 5.74) is 4.89. The number of halogens is 4.